The van der Waals surface area contributed by atoms with E-state index in [1.54, 1.807) is 30.6 Å². The Morgan fingerprint density at radius 1 is 1.00 bits per heavy atom. The topological polar surface area (TPSA) is 104 Å². The van der Waals surface area contributed by atoms with Crippen molar-refractivity contribution >= 4 is 11.4 Å². The van der Waals surface area contributed by atoms with Crippen molar-refractivity contribution in [2.24, 2.45) is 0 Å². The Bertz CT molecular complexity index is 703. The molecule has 0 aliphatic rings. The lowest BCUT2D eigenvalue weighted by atomic mass is 10.1. The van der Waals surface area contributed by atoms with E-state index in [1.807, 2.05) is 12.1 Å². The number of hydrogen-bond donors (Lipinski definition) is 2. The molecular formula is C14H13N5O. The van der Waals surface area contributed by atoms with Crippen LogP contribution in [-0.4, -0.2) is 15.1 Å². The summed E-state index contributed by atoms with van der Waals surface area (Å²) in [6.45, 7) is 0. The summed E-state index contributed by atoms with van der Waals surface area (Å²) in [5, 5.41) is 3.96. The standard InChI is InChI=1S/C14H13N5O/c15-11-6-10(7-12(16)8-11)14-18-13(19-20-14)5-9-1-3-17-4-2-9/h1-4,6-8H,5,15-16H2. The number of nitrogens with two attached hydrogens (primary N) is 2. The molecule has 3 rings (SSSR count). The van der Waals surface area contributed by atoms with Gasteiger partial charge in [-0.2, -0.15) is 4.98 Å². The van der Waals surface area contributed by atoms with E-state index >= 15 is 0 Å². The molecular weight excluding hydrogens is 254 g/mol. The zero-order chi connectivity index (χ0) is 13.9. The van der Waals surface area contributed by atoms with Crippen LogP contribution in [0.15, 0.2) is 47.2 Å². The van der Waals surface area contributed by atoms with Gasteiger partial charge in [0, 0.05) is 35.8 Å². The van der Waals surface area contributed by atoms with E-state index in [4.69, 9.17) is 16.0 Å². The average molecular weight is 267 g/mol. The lowest BCUT2D eigenvalue weighted by molar-refractivity contribution is 0.424. The van der Waals surface area contributed by atoms with Crippen molar-refractivity contribution in [3.8, 4) is 11.5 Å². The third-order valence-electron chi connectivity index (χ3n) is 2.80. The first-order chi connectivity index (χ1) is 9.70. The van der Waals surface area contributed by atoms with E-state index in [9.17, 15) is 0 Å². The summed E-state index contributed by atoms with van der Waals surface area (Å²) in [4.78, 5) is 8.32. The molecule has 0 spiro atoms. The first kappa shape index (κ1) is 12.2. The fourth-order valence-corrected chi connectivity index (χ4v) is 1.93. The molecule has 0 saturated carbocycles. The van der Waals surface area contributed by atoms with E-state index in [0.29, 0.717) is 29.5 Å². The predicted molar refractivity (Wildman–Crippen MR) is 75.6 cm³/mol. The van der Waals surface area contributed by atoms with Crippen LogP contribution < -0.4 is 11.5 Å². The monoisotopic (exact) mass is 267 g/mol. The molecule has 0 radical (unpaired) electrons. The second-order valence-corrected chi connectivity index (χ2v) is 4.44. The van der Waals surface area contributed by atoms with E-state index in [1.165, 1.54) is 0 Å². The Morgan fingerprint density at radius 3 is 2.40 bits per heavy atom. The number of rotatable bonds is 3. The second kappa shape index (κ2) is 5.00. The van der Waals surface area contributed by atoms with Gasteiger partial charge in [0.1, 0.15) is 0 Å². The van der Waals surface area contributed by atoms with Gasteiger partial charge < -0.3 is 16.0 Å². The Morgan fingerprint density at radius 2 is 1.70 bits per heavy atom. The number of nitrogens with zero attached hydrogens (tertiary/aromatic N) is 3. The summed E-state index contributed by atoms with van der Waals surface area (Å²) in [5.41, 5.74) is 14.4. The summed E-state index contributed by atoms with van der Waals surface area (Å²) in [5.74, 6) is 1.01. The van der Waals surface area contributed by atoms with Gasteiger partial charge >= 0.3 is 0 Å². The van der Waals surface area contributed by atoms with E-state index < -0.39 is 0 Å². The van der Waals surface area contributed by atoms with Crippen LogP contribution in [0.2, 0.25) is 0 Å². The van der Waals surface area contributed by atoms with Crippen LogP contribution in [0.25, 0.3) is 11.5 Å². The van der Waals surface area contributed by atoms with Gasteiger partial charge in [0.2, 0.25) is 0 Å². The summed E-state index contributed by atoms with van der Waals surface area (Å²) in [7, 11) is 0. The van der Waals surface area contributed by atoms with Gasteiger partial charge in [0.05, 0.1) is 0 Å². The highest BCUT2D eigenvalue weighted by atomic mass is 16.5. The van der Waals surface area contributed by atoms with Gasteiger partial charge in [-0.1, -0.05) is 5.16 Å². The molecule has 2 heterocycles. The number of aromatic nitrogens is 3. The fraction of sp³-hybridized carbons (Fsp3) is 0.0714. The Balaban J connectivity index is 1.86. The van der Waals surface area contributed by atoms with Crippen molar-refractivity contribution in [1.82, 2.24) is 15.1 Å². The zero-order valence-corrected chi connectivity index (χ0v) is 10.7. The van der Waals surface area contributed by atoms with Crippen LogP contribution in [0, 0.1) is 0 Å². The minimum atomic E-state index is 0.410. The molecule has 0 saturated heterocycles. The maximum atomic E-state index is 5.75. The predicted octanol–water partition coefficient (Wildman–Crippen LogP) is 1.89. The quantitative estimate of drug-likeness (QED) is 0.702. The van der Waals surface area contributed by atoms with Crippen molar-refractivity contribution in [3.63, 3.8) is 0 Å². The maximum absolute atomic E-state index is 5.75. The molecule has 3 aromatic rings. The van der Waals surface area contributed by atoms with Crippen LogP contribution in [-0.2, 0) is 6.42 Å². The van der Waals surface area contributed by atoms with E-state index in [2.05, 4.69) is 15.1 Å². The number of hydrogen-bond acceptors (Lipinski definition) is 6. The molecule has 0 aliphatic heterocycles. The van der Waals surface area contributed by atoms with Crippen LogP contribution in [0.4, 0.5) is 11.4 Å². The van der Waals surface area contributed by atoms with Crippen molar-refractivity contribution in [2.75, 3.05) is 11.5 Å². The molecule has 4 N–H and O–H groups in total. The Kier molecular flexibility index (Phi) is 3.04. The van der Waals surface area contributed by atoms with Gasteiger partial charge in [-0.25, -0.2) is 0 Å². The lowest BCUT2D eigenvalue weighted by Gasteiger charge is -1.99. The van der Waals surface area contributed by atoms with E-state index in [-0.39, 0.29) is 0 Å². The normalized spacial score (nSPS) is 10.6. The number of nitrogen functional groups attached to an aromatic ring is 2. The van der Waals surface area contributed by atoms with E-state index in [0.717, 1.165) is 11.1 Å². The summed E-state index contributed by atoms with van der Waals surface area (Å²) in [6.07, 6.45) is 4.05. The van der Waals surface area contributed by atoms with Gasteiger partial charge in [-0.05, 0) is 35.9 Å². The SMILES string of the molecule is Nc1cc(N)cc(-c2nc(Cc3ccncc3)no2)c1. The first-order valence-corrected chi connectivity index (χ1v) is 6.08. The van der Waals surface area contributed by atoms with Crippen LogP contribution >= 0.6 is 0 Å². The molecule has 2 aromatic heterocycles. The third kappa shape index (κ3) is 2.59. The van der Waals surface area contributed by atoms with Gasteiger partial charge in [0.15, 0.2) is 5.82 Å². The lowest BCUT2D eigenvalue weighted by Crippen LogP contribution is -1.92. The number of benzene rings is 1. The fourth-order valence-electron chi connectivity index (χ4n) is 1.93. The minimum Gasteiger partial charge on any atom is -0.399 e. The smallest absolute Gasteiger partial charge is 0.258 e. The van der Waals surface area contributed by atoms with Crippen molar-refractivity contribution in [2.45, 2.75) is 6.42 Å². The number of pyridine rings is 1. The largest absolute Gasteiger partial charge is 0.399 e. The second-order valence-electron chi connectivity index (χ2n) is 4.44. The molecule has 6 nitrogen and oxygen atoms in total. The Hall–Kier alpha value is -2.89. The average Bonchev–Trinajstić information content (AvgIpc) is 2.87. The molecule has 0 fully saturated rings. The summed E-state index contributed by atoms with van der Waals surface area (Å²) < 4.78 is 5.25. The first-order valence-electron chi connectivity index (χ1n) is 6.08. The Labute approximate surface area is 115 Å². The zero-order valence-electron chi connectivity index (χ0n) is 10.7. The van der Waals surface area contributed by atoms with Crippen LogP contribution in [0.1, 0.15) is 11.4 Å². The van der Waals surface area contributed by atoms with Gasteiger partial charge in [0.25, 0.3) is 5.89 Å². The molecule has 0 unspecified atom stereocenters. The van der Waals surface area contributed by atoms with Gasteiger partial charge in [-0.15, -0.1) is 0 Å². The molecule has 6 heteroatoms. The molecule has 0 atom stereocenters. The minimum absolute atomic E-state index is 0.410. The molecule has 0 amide bonds. The van der Waals surface area contributed by atoms with Crippen molar-refractivity contribution < 1.29 is 4.52 Å². The third-order valence-corrected chi connectivity index (χ3v) is 2.80. The molecule has 0 bridgehead atoms. The highest BCUT2D eigenvalue weighted by Crippen LogP contribution is 2.23. The maximum Gasteiger partial charge on any atom is 0.258 e. The number of anilines is 2. The molecule has 0 aliphatic carbocycles. The highest BCUT2D eigenvalue weighted by molar-refractivity contribution is 5.67. The van der Waals surface area contributed by atoms with Crippen molar-refractivity contribution in [1.29, 1.82) is 0 Å². The summed E-state index contributed by atoms with van der Waals surface area (Å²) >= 11 is 0. The molecule has 20 heavy (non-hydrogen) atoms. The molecule has 1 aromatic carbocycles. The van der Waals surface area contributed by atoms with Gasteiger partial charge in [-0.3, -0.25) is 4.98 Å². The van der Waals surface area contributed by atoms with Crippen molar-refractivity contribution in [3.05, 3.63) is 54.1 Å². The molecule has 100 valence electrons. The van der Waals surface area contributed by atoms with Crippen LogP contribution in [0.3, 0.4) is 0 Å². The summed E-state index contributed by atoms with van der Waals surface area (Å²) in [6, 6.07) is 9.00. The van der Waals surface area contributed by atoms with Crippen LogP contribution in [0.5, 0.6) is 0 Å². The highest BCUT2D eigenvalue weighted by Gasteiger charge is 2.10.